The van der Waals surface area contributed by atoms with Crippen LogP contribution in [-0.2, 0) is 8.85 Å². The number of hydrogen-bond donors (Lipinski definition) is 2. The van der Waals surface area contributed by atoms with E-state index in [-0.39, 0.29) is 44.8 Å². The molecule has 4 atom stereocenters. The fourth-order valence-electron chi connectivity index (χ4n) is 4.82. The van der Waals surface area contributed by atoms with Crippen LogP contribution in [0.1, 0.15) is 72.6 Å². The first-order valence-electron chi connectivity index (χ1n) is 14.2. The average molecular weight is 614 g/mol. The predicted octanol–water partition coefficient (Wildman–Crippen LogP) is 7.22. The second-order valence-corrected chi connectivity index (χ2v) is 25.4. The van der Waals surface area contributed by atoms with Crippen LogP contribution in [0.4, 0.5) is 5.82 Å². The van der Waals surface area contributed by atoms with Crippen LogP contribution in [-0.4, -0.2) is 71.4 Å². The number of aliphatic hydroxyl groups is 1. The minimum Gasteiger partial charge on any atom is -0.410 e. The third-order valence-electron chi connectivity index (χ3n) is 9.30. The maximum atomic E-state index is 10.6. The Morgan fingerprint density at radius 1 is 1.00 bits per heavy atom. The largest absolute Gasteiger partial charge is 0.410 e. The molecule has 2 aliphatic rings. The summed E-state index contributed by atoms with van der Waals surface area (Å²) in [6.07, 6.45) is 5.98. The molecule has 2 aromatic heterocycles. The summed E-state index contributed by atoms with van der Waals surface area (Å²) in [6, 6.07) is 0.376. The Morgan fingerprint density at radius 3 is 2.10 bits per heavy atom. The van der Waals surface area contributed by atoms with Gasteiger partial charge in [0.1, 0.15) is 11.5 Å². The van der Waals surface area contributed by atoms with Gasteiger partial charge >= 0.3 is 0 Å². The van der Waals surface area contributed by atoms with Gasteiger partial charge in [0, 0.05) is 6.04 Å². The smallest absolute Gasteiger partial charge is 0.226 e. The Morgan fingerprint density at radius 2 is 1.56 bits per heavy atom. The standard InChI is InChI=1S/C27H48ClN5O3SSi2/c1-26(2,3)38(7,8)35-20-18(15-34)37-24(21(20)36-39(9,10)27(4,5)6)33-16-29-19-22(30-17-13-11-12-14-17)31-25(28)32-23(19)33/h16-18,20-21,24,34H,11-15H2,1-10H3,(H,30,31,32)/t18-,20-,21-,24-/m1/s1. The van der Waals surface area contributed by atoms with Crippen molar-refractivity contribution in [1.29, 1.82) is 0 Å². The third-order valence-corrected chi connectivity index (χ3v) is 20.0. The molecule has 3 heterocycles. The Hall–Kier alpha value is -0.696. The van der Waals surface area contributed by atoms with Crippen molar-refractivity contribution in [1.82, 2.24) is 19.5 Å². The molecule has 39 heavy (non-hydrogen) atoms. The van der Waals surface area contributed by atoms with E-state index >= 15 is 0 Å². The highest BCUT2D eigenvalue weighted by Gasteiger charge is 2.54. The van der Waals surface area contributed by atoms with E-state index in [0.29, 0.717) is 23.0 Å². The molecular weight excluding hydrogens is 566 g/mol. The van der Waals surface area contributed by atoms with Crippen molar-refractivity contribution in [2.75, 3.05) is 11.9 Å². The van der Waals surface area contributed by atoms with Crippen molar-refractivity contribution >= 4 is 57.0 Å². The highest BCUT2D eigenvalue weighted by atomic mass is 35.5. The van der Waals surface area contributed by atoms with E-state index in [0.717, 1.165) is 12.8 Å². The van der Waals surface area contributed by atoms with Gasteiger partial charge in [-0.3, -0.25) is 4.57 Å². The summed E-state index contributed by atoms with van der Waals surface area (Å²) in [4.78, 5) is 13.9. The third kappa shape index (κ3) is 6.39. The molecule has 8 nitrogen and oxygen atoms in total. The number of thioether (sulfide) groups is 1. The van der Waals surface area contributed by atoms with E-state index in [4.69, 9.17) is 25.4 Å². The molecule has 0 bridgehead atoms. The van der Waals surface area contributed by atoms with Gasteiger partial charge in [0.25, 0.3) is 0 Å². The van der Waals surface area contributed by atoms with Crippen molar-refractivity contribution in [2.24, 2.45) is 0 Å². The maximum absolute atomic E-state index is 10.6. The average Bonchev–Trinajstić information content (AvgIpc) is 3.52. The number of aliphatic hydroxyl groups excluding tert-OH is 1. The van der Waals surface area contributed by atoms with Crippen LogP contribution in [0.3, 0.4) is 0 Å². The molecule has 2 fully saturated rings. The van der Waals surface area contributed by atoms with Crippen LogP contribution in [0.5, 0.6) is 0 Å². The van der Waals surface area contributed by atoms with Gasteiger partial charge in [-0.05, 0) is 60.7 Å². The lowest BCUT2D eigenvalue weighted by Crippen LogP contribution is -2.53. The van der Waals surface area contributed by atoms with Gasteiger partial charge in [0.2, 0.25) is 5.28 Å². The molecule has 2 aromatic rings. The second-order valence-electron chi connectivity index (χ2n) is 14.2. The van der Waals surface area contributed by atoms with Gasteiger partial charge in [-0.1, -0.05) is 54.4 Å². The molecule has 1 saturated carbocycles. The Balaban J connectivity index is 1.78. The van der Waals surface area contributed by atoms with Gasteiger partial charge in [0.15, 0.2) is 33.6 Å². The first-order valence-corrected chi connectivity index (χ1v) is 21.4. The lowest BCUT2D eigenvalue weighted by atomic mass is 10.1. The lowest BCUT2D eigenvalue weighted by molar-refractivity contribution is 0.0260. The van der Waals surface area contributed by atoms with Crippen molar-refractivity contribution in [3.8, 4) is 0 Å². The molecule has 0 aromatic carbocycles. The summed E-state index contributed by atoms with van der Waals surface area (Å²) in [5.74, 6) is 0.688. The van der Waals surface area contributed by atoms with Crippen molar-refractivity contribution in [3.05, 3.63) is 11.6 Å². The van der Waals surface area contributed by atoms with E-state index < -0.39 is 16.6 Å². The van der Waals surface area contributed by atoms with Crippen molar-refractivity contribution < 1.29 is 14.0 Å². The van der Waals surface area contributed by atoms with E-state index in [1.54, 1.807) is 11.8 Å². The maximum Gasteiger partial charge on any atom is 0.226 e. The topological polar surface area (TPSA) is 94.3 Å². The first kappa shape index (κ1) is 31.2. The molecule has 2 N–H and O–H groups in total. The molecule has 220 valence electrons. The number of nitrogens with one attached hydrogen (secondary N) is 1. The summed E-state index contributed by atoms with van der Waals surface area (Å²) >= 11 is 8.17. The zero-order valence-corrected chi connectivity index (χ0v) is 28.9. The molecule has 0 radical (unpaired) electrons. The number of halogens is 1. The van der Waals surface area contributed by atoms with Gasteiger partial charge < -0.3 is 19.3 Å². The molecule has 0 unspecified atom stereocenters. The van der Waals surface area contributed by atoms with E-state index in [1.807, 2.05) is 6.33 Å². The molecule has 4 rings (SSSR count). The SMILES string of the molecule is CC(C)(C)[Si](C)(C)O[C@@H]1[C@H](O[Si](C)(C)C(C)(C)C)[C@@H](CO)S[C@H]1n1cnc2c(NC3CCCC3)nc(Cl)nc21. The highest BCUT2D eigenvalue weighted by Crippen LogP contribution is 2.51. The minimum atomic E-state index is -2.21. The van der Waals surface area contributed by atoms with Crippen LogP contribution < -0.4 is 5.32 Å². The lowest BCUT2D eigenvalue weighted by Gasteiger charge is -2.44. The number of rotatable bonds is 8. The van der Waals surface area contributed by atoms with Crippen LogP contribution >= 0.6 is 23.4 Å². The predicted molar refractivity (Wildman–Crippen MR) is 168 cm³/mol. The van der Waals surface area contributed by atoms with Crippen LogP contribution in [0.15, 0.2) is 6.33 Å². The summed E-state index contributed by atoms with van der Waals surface area (Å²) in [7, 11) is -4.38. The fourth-order valence-corrected chi connectivity index (χ4v) is 9.27. The second kappa shape index (κ2) is 11.2. The van der Waals surface area contributed by atoms with E-state index in [1.165, 1.54) is 12.8 Å². The van der Waals surface area contributed by atoms with Crippen molar-refractivity contribution in [3.63, 3.8) is 0 Å². The van der Waals surface area contributed by atoms with E-state index in [9.17, 15) is 5.11 Å². The molecule has 1 aliphatic heterocycles. The molecule has 12 heteroatoms. The van der Waals surface area contributed by atoms with Gasteiger partial charge in [-0.2, -0.15) is 9.97 Å². The van der Waals surface area contributed by atoms with Gasteiger partial charge in [-0.25, -0.2) is 4.98 Å². The Bertz CT molecular complexity index is 1160. The highest BCUT2D eigenvalue weighted by molar-refractivity contribution is 8.00. The normalized spacial score (nSPS) is 25.6. The molecule has 0 amide bonds. The summed E-state index contributed by atoms with van der Waals surface area (Å²) in [5.41, 5.74) is 1.40. The van der Waals surface area contributed by atoms with Crippen LogP contribution in [0.25, 0.3) is 11.2 Å². The summed E-state index contributed by atoms with van der Waals surface area (Å²) < 4.78 is 16.3. The van der Waals surface area contributed by atoms with Gasteiger partial charge in [-0.15, -0.1) is 11.8 Å². The molecule has 1 aliphatic carbocycles. The number of hydrogen-bond acceptors (Lipinski definition) is 8. The van der Waals surface area contributed by atoms with Crippen molar-refractivity contribution in [2.45, 2.75) is 132 Å². The Labute approximate surface area is 245 Å². The number of imidazole rings is 1. The monoisotopic (exact) mass is 613 g/mol. The Kier molecular flexibility index (Phi) is 8.96. The fraction of sp³-hybridized carbons (Fsp3) is 0.815. The first-order chi connectivity index (χ1) is 17.9. The number of aromatic nitrogens is 4. The minimum absolute atomic E-state index is 0.00860. The molecular formula is C27H48ClN5O3SSi2. The zero-order chi connectivity index (χ0) is 29.0. The number of nitrogens with zero attached hydrogens (tertiary/aromatic N) is 4. The van der Waals surface area contributed by atoms with Crippen LogP contribution in [0.2, 0.25) is 41.5 Å². The molecule has 1 saturated heterocycles. The number of fused-ring (bicyclic) bond motifs is 1. The van der Waals surface area contributed by atoms with Gasteiger partial charge in [0.05, 0.1) is 24.3 Å². The summed E-state index contributed by atoms with van der Waals surface area (Å²) in [6.45, 7) is 22.6. The number of anilines is 1. The van der Waals surface area contributed by atoms with Crippen LogP contribution in [0, 0.1) is 0 Å². The summed E-state index contributed by atoms with van der Waals surface area (Å²) in [5, 5.41) is 14.1. The molecule has 0 spiro atoms. The van der Waals surface area contributed by atoms with E-state index in [2.05, 4.69) is 87.6 Å². The quantitative estimate of drug-likeness (QED) is 0.238. The zero-order valence-electron chi connectivity index (χ0n) is 25.3.